The number of aryl methyl sites for hydroxylation is 1. The lowest BCUT2D eigenvalue weighted by Crippen LogP contribution is -2.06. The van der Waals surface area contributed by atoms with E-state index in [4.69, 9.17) is 9.47 Å². The fourth-order valence-electron chi connectivity index (χ4n) is 2.01. The zero-order chi connectivity index (χ0) is 15.2. The Morgan fingerprint density at radius 3 is 2.57 bits per heavy atom. The molecular formula is C17H22N2O2. The van der Waals surface area contributed by atoms with Gasteiger partial charge in [-0.05, 0) is 50.1 Å². The first-order valence-corrected chi connectivity index (χ1v) is 7.08. The first kappa shape index (κ1) is 15.2. The number of ether oxygens (including phenoxy) is 2. The summed E-state index contributed by atoms with van der Waals surface area (Å²) in [6, 6.07) is 9.95. The summed E-state index contributed by atoms with van der Waals surface area (Å²) in [6.45, 7) is 6.85. The Morgan fingerprint density at radius 1 is 1.19 bits per heavy atom. The normalized spacial score (nSPS) is 10.5. The molecule has 1 aromatic heterocycles. The van der Waals surface area contributed by atoms with Crippen molar-refractivity contribution in [1.29, 1.82) is 0 Å². The molecule has 0 aliphatic rings. The Bertz CT molecular complexity index is 580. The summed E-state index contributed by atoms with van der Waals surface area (Å²) in [7, 11) is 1.62. The standard InChI is InChI=1S/C17H22N2O2/c1-12(2)21-15-6-7-16(13(3)9-15)18-10-14-5-8-17(20-4)19-11-14/h5-9,11-12,18H,10H2,1-4H3. The van der Waals surface area contributed by atoms with Gasteiger partial charge in [-0.25, -0.2) is 4.98 Å². The molecule has 0 aliphatic carbocycles. The number of hydrogen-bond acceptors (Lipinski definition) is 4. The van der Waals surface area contributed by atoms with Gasteiger partial charge in [0.05, 0.1) is 13.2 Å². The predicted octanol–water partition coefficient (Wildman–Crippen LogP) is 3.80. The number of pyridine rings is 1. The van der Waals surface area contributed by atoms with Crippen molar-refractivity contribution in [3.8, 4) is 11.6 Å². The Balaban J connectivity index is 1.99. The smallest absolute Gasteiger partial charge is 0.212 e. The monoisotopic (exact) mass is 286 g/mol. The van der Waals surface area contributed by atoms with Crippen molar-refractivity contribution in [3.63, 3.8) is 0 Å². The second-order valence-electron chi connectivity index (χ2n) is 5.21. The molecular weight excluding hydrogens is 264 g/mol. The van der Waals surface area contributed by atoms with Crippen LogP contribution in [0.1, 0.15) is 25.0 Å². The van der Waals surface area contributed by atoms with Crippen LogP contribution in [0, 0.1) is 6.92 Å². The Hall–Kier alpha value is -2.23. The highest BCUT2D eigenvalue weighted by Crippen LogP contribution is 2.22. The van der Waals surface area contributed by atoms with Crippen LogP contribution in [0.2, 0.25) is 0 Å². The topological polar surface area (TPSA) is 43.4 Å². The van der Waals surface area contributed by atoms with Crippen molar-refractivity contribution < 1.29 is 9.47 Å². The first-order chi connectivity index (χ1) is 10.1. The third kappa shape index (κ3) is 4.38. The average molecular weight is 286 g/mol. The van der Waals surface area contributed by atoms with Crippen LogP contribution in [0.3, 0.4) is 0 Å². The Labute approximate surface area is 126 Å². The molecule has 0 saturated carbocycles. The number of nitrogens with zero attached hydrogens (tertiary/aromatic N) is 1. The molecule has 0 unspecified atom stereocenters. The van der Waals surface area contributed by atoms with Crippen molar-refractivity contribution >= 4 is 5.69 Å². The molecule has 0 aliphatic heterocycles. The van der Waals surface area contributed by atoms with Crippen LogP contribution in [0.5, 0.6) is 11.6 Å². The Morgan fingerprint density at radius 2 is 2.00 bits per heavy atom. The molecule has 0 spiro atoms. The molecule has 0 radical (unpaired) electrons. The van der Waals surface area contributed by atoms with E-state index < -0.39 is 0 Å². The molecule has 1 heterocycles. The fourth-order valence-corrected chi connectivity index (χ4v) is 2.01. The molecule has 4 nitrogen and oxygen atoms in total. The van der Waals surface area contributed by atoms with Gasteiger partial charge < -0.3 is 14.8 Å². The number of hydrogen-bond donors (Lipinski definition) is 1. The van der Waals surface area contributed by atoms with E-state index in [1.165, 1.54) is 0 Å². The highest BCUT2D eigenvalue weighted by atomic mass is 16.5. The summed E-state index contributed by atoms with van der Waals surface area (Å²) in [6.07, 6.45) is 2.01. The van der Waals surface area contributed by atoms with E-state index >= 15 is 0 Å². The number of methoxy groups -OCH3 is 1. The molecule has 0 saturated heterocycles. The molecule has 0 amide bonds. The average Bonchev–Trinajstić information content (AvgIpc) is 2.46. The molecule has 1 N–H and O–H groups in total. The van der Waals surface area contributed by atoms with Crippen LogP contribution in [-0.2, 0) is 6.54 Å². The van der Waals surface area contributed by atoms with E-state index in [0.717, 1.165) is 29.1 Å². The molecule has 112 valence electrons. The minimum absolute atomic E-state index is 0.189. The largest absolute Gasteiger partial charge is 0.491 e. The van der Waals surface area contributed by atoms with Gasteiger partial charge in [-0.15, -0.1) is 0 Å². The number of nitrogens with one attached hydrogen (secondary N) is 1. The van der Waals surface area contributed by atoms with E-state index in [0.29, 0.717) is 5.88 Å². The van der Waals surface area contributed by atoms with Crippen LogP contribution in [-0.4, -0.2) is 18.2 Å². The van der Waals surface area contributed by atoms with Gasteiger partial charge in [0.25, 0.3) is 0 Å². The lowest BCUT2D eigenvalue weighted by atomic mass is 10.2. The number of rotatable bonds is 6. The Kier molecular flexibility index (Phi) is 5.04. The summed E-state index contributed by atoms with van der Waals surface area (Å²) < 4.78 is 10.7. The zero-order valence-electron chi connectivity index (χ0n) is 13.0. The molecule has 0 fully saturated rings. The van der Waals surface area contributed by atoms with Gasteiger partial charge in [0, 0.05) is 24.5 Å². The zero-order valence-corrected chi connectivity index (χ0v) is 13.0. The third-order valence-corrected chi connectivity index (χ3v) is 3.06. The van der Waals surface area contributed by atoms with Crippen molar-refractivity contribution in [2.75, 3.05) is 12.4 Å². The lowest BCUT2D eigenvalue weighted by Gasteiger charge is -2.14. The van der Waals surface area contributed by atoms with Crippen LogP contribution < -0.4 is 14.8 Å². The first-order valence-electron chi connectivity index (χ1n) is 7.08. The maximum Gasteiger partial charge on any atom is 0.212 e. The van der Waals surface area contributed by atoms with Crippen molar-refractivity contribution in [3.05, 3.63) is 47.7 Å². The van der Waals surface area contributed by atoms with Crippen molar-refractivity contribution in [2.45, 2.75) is 33.4 Å². The molecule has 2 aromatic rings. The predicted molar refractivity (Wildman–Crippen MR) is 85.1 cm³/mol. The lowest BCUT2D eigenvalue weighted by molar-refractivity contribution is 0.242. The van der Waals surface area contributed by atoms with Crippen molar-refractivity contribution in [2.24, 2.45) is 0 Å². The van der Waals surface area contributed by atoms with E-state index in [2.05, 4.69) is 23.3 Å². The number of benzene rings is 1. The minimum Gasteiger partial charge on any atom is -0.491 e. The summed E-state index contributed by atoms with van der Waals surface area (Å²) >= 11 is 0. The van der Waals surface area contributed by atoms with Crippen LogP contribution in [0.4, 0.5) is 5.69 Å². The van der Waals surface area contributed by atoms with Gasteiger partial charge in [0.1, 0.15) is 5.75 Å². The van der Waals surface area contributed by atoms with Gasteiger partial charge in [0.2, 0.25) is 5.88 Å². The number of aromatic nitrogens is 1. The van der Waals surface area contributed by atoms with Gasteiger partial charge >= 0.3 is 0 Å². The van der Waals surface area contributed by atoms with Crippen LogP contribution >= 0.6 is 0 Å². The van der Waals surface area contributed by atoms with Crippen LogP contribution in [0.15, 0.2) is 36.5 Å². The second-order valence-corrected chi connectivity index (χ2v) is 5.21. The quantitative estimate of drug-likeness (QED) is 0.877. The summed E-state index contributed by atoms with van der Waals surface area (Å²) in [5.74, 6) is 1.53. The molecule has 0 atom stereocenters. The third-order valence-electron chi connectivity index (χ3n) is 3.06. The van der Waals surface area contributed by atoms with E-state index in [1.54, 1.807) is 7.11 Å². The summed E-state index contributed by atoms with van der Waals surface area (Å²) in [5, 5.41) is 3.41. The molecule has 1 aromatic carbocycles. The highest BCUT2D eigenvalue weighted by molar-refractivity contribution is 5.53. The van der Waals surface area contributed by atoms with E-state index in [9.17, 15) is 0 Å². The maximum absolute atomic E-state index is 5.69. The SMILES string of the molecule is COc1ccc(CNc2ccc(OC(C)C)cc2C)cn1. The summed E-state index contributed by atoms with van der Waals surface area (Å²) in [5.41, 5.74) is 3.37. The summed E-state index contributed by atoms with van der Waals surface area (Å²) in [4.78, 5) is 4.20. The van der Waals surface area contributed by atoms with Gasteiger partial charge in [-0.2, -0.15) is 0 Å². The van der Waals surface area contributed by atoms with Gasteiger partial charge in [-0.3, -0.25) is 0 Å². The van der Waals surface area contributed by atoms with E-state index in [-0.39, 0.29) is 6.10 Å². The van der Waals surface area contributed by atoms with Crippen LogP contribution in [0.25, 0.3) is 0 Å². The maximum atomic E-state index is 5.69. The molecule has 0 bridgehead atoms. The van der Waals surface area contributed by atoms with Gasteiger partial charge in [-0.1, -0.05) is 6.07 Å². The molecule has 4 heteroatoms. The minimum atomic E-state index is 0.189. The van der Waals surface area contributed by atoms with Crippen molar-refractivity contribution in [1.82, 2.24) is 4.98 Å². The number of anilines is 1. The van der Waals surface area contributed by atoms with E-state index in [1.807, 2.05) is 44.3 Å². The second kappa shape index (κ2) is 6.97. The molecule has 21 heavy (non-hydrogen) atoms. The fraction of sp³-hybridized carbons (Fsp3) is 0.353. The highest BCUT2D eigenvalue weighted by Gasteiger charge is 2.03. The van der Waals surface area contributed by atoms with Gasteiger partial charge in [0.15, 0.2) is 0 Å². The molecule has 2 rings (SSSR count).